The Kier molecular flexibility index (Phi) is 5.93. The molecule has 0 saturated carbocycles. The Morgan fingerprint density at radius 2 is 2.04 bits per heavy atom. The van der Waals surface area contributed by atoms with E-state index in [1.165, 1.54) is 23.3 Å². The van der Waals surface area contributed by atoms with Gasteiger partial charge in [0.15, 0.2) is 6.61 Å². The average molecular weight is 373 g/mol. The highest BCUT2D eigenvalue weighted by Gasteiger charge is 2.29. The number of carbonyl (C=O) groups excluding carboxylic acids is 2. The van der Waals surface area contributed by atoms with E-state index in [1.54, 1.807) is 12.1 Å². The first-order chi connectivity index (χ1) is 12.6. The molecule has 0 bridgehead atoms. The molecule has 6 heteroatoms. The van der Waals surface area contributed by atoms with Gasteiger partial charge in [0.1, 0.15) is 10.8 Å². The Hall–Kier alpha value is -2.34. The molecule has 0 spiro atoms. The Labute approximate surface area is 157 Å². The predicted octanol–water partition coefficient (Wildman–Crippen LogP) is 4.07. The molecule has 138 valence electrons. The van der Waals surface area contributed by atoms with E-state index >= 15 is 0 Å². The lowest BCUT2D eigenvalue weighted by atomic mass is 9.86. The fourth-order valence-electron chi connectivity index (χ4n) is 3.24. The lowest BCUT2D eigenvalue weighted by molar-refractivity contribution is -0.118. The van der Waals surface area contributed by atoms with E-state index in [1.807, 2.05) is 18.2 Å². The summed E-state index contributed by atoms with van der Waals surface area (Å²) >= 11 is 1.49. The van der Waals surface area contributed by atoms with Crippen LogP contribution in [-0.4, -0.2) is 25.6 Å². The van der Waals surface area contributed by atoms with Crippen LogP contribution in [0.1, 0.15) is 40.6 Å². The summed E-state index contributed by atoms with van der Waals surface area (Å²) in [4.78, 5) is 25.8. The first kappa shape index (κ1) is 18.5. The van der Waals surface area contributed by atoms with Crippen molar-refractivity contribution in [1.29, 1.82) is 0 Å². The van der Waals surface area contributed by atoms with Crippen molar-refractivity contribution in [3.63, 3.8) is 0 Å². The Morgan fingerprint density at radius 3 is 2.73 bits per heavy atom. The van der Waals surface area contributed by atoms with Gasteiger partial charge in [0.05, 0.1) is 12.7 Å². The van der Waals surface area contributed by atoms with Crippen LogP contribution in [0.4, 0.5) is 5.00 Å². The lowest BCUT2D eigenvalue weighted by Crippen LogP contribution is -2.21. The molecule has 1 aliphatic carbocycles. The maximum atomic E-state index is 12.3. The molecular weight excluding hydrogens is 350 g/mol. The van der Waals surface area contributed by atoms with Crippen LogP contribution < -0.4 is 10.1 Å². The number of anilines is 1. The molecular formula is C20H23NO4S. The van der Waals surface area contributed by atoms with Gasteiger partial charge in [-0.1, -0.05) is 31.5 Å². The molecule has 26 heavy (non-hydrogen) atoms. The smallest absolute Gasteiger partial charge is 0.341 e. The molecule has 3 rings (SSSR count). The number of carbonyl (C=O) groups is 2. The minimum Gasteiger partial charge on any atom is -0.484 e. The van der Waals surface area contributed by atoms with Crippen molar-refractivity contribution in [1.82, 2.24) is 0 Å². The van der Waals surface area contributed by atoms with Gasteiger partial charge in [-0.25, -0.2) is 4.79 Å². The van der Waals surface area contributed by atoms with Crippen LogP contribution in [0.5, 0.6) is 5.75 Å². The van der Waals surface area contributed by atoms with Crippen molar-refractivity contribution < 1.29 is 19.1 Å². The normalized spacial score (nSPS) is 15.8. The third-order valence-electron chi connectivity index (χ3n) is 4.70. The van der Waals surface area contributed by atoms with E-state index in [-0.39, 0.29) is 12.5 Å². The maximum absolute atomic E-state index is 12.3. The van der Waals surface area contributed by atoms with Gasteiger partial charge in [-0.15, -0.1) is 11.3 Å². The van der Waals surface area contributed by atoms with Gasteiger partial charge in [0, 0.05) is 4.88 Å². The number of para-hydroxylation sites is 1. The molecule has 0 unspecified atom stereocenters. The number of rotatable bonds is 6. The summed E-state index contributed by atoms with van der Waals surface area (Å²) in [6.45, 7) is 2.08. The van der Waals surface area contributed by atoms with Gasteiger partial charge in [0.2, 0.25) is 0 Å². The number of thiophene rings is 1. The van der Waals surface area contributed by atoms with Crippen LogP contribution in [0.25, 0.3) is 0 Å². The molecule has 1 amide bonds. The number of esters is 1. The number of hydrogen-bond donors (Lipinski definition) is 1. The summed E-state index contributed by atoms with van der Waals surface area (Å²) in [5.74, 6) is 0.588. The minimum absolute atomic E-state index is 0.106. The zero-order valence-corrected chi connectivity index (χ0v) is 15.9. The number of benzene rings is 1. The van der Waals surface area contributed by atoms with E-state index in [2.05, 4.69) is 12.2 Å². The number of nitrogens with one attached hydrogen (secondary N) is 1. The Balaban J connectivity index is 1.75. The number of amides is 1. The Morgan fingerprint density at radius 1 is 1.27 bits per heavy atom. The quantitative estimate of drug-likeness (QED) is 0.776. The molecule has 1 aromatic heterocycles. The van der Waals surface area contributed by atoms with Crippen LogP contribution in [0.15, 0.2) is 30.3 Å². The second kappa shape index (κ2) is 8.36. The van der Waals surface area contributed by atoms with Crippen LogP contribution in [0.3, 0.4) is 0 Å². The van der Waals surface area contributed by atoms with Gasteiger partial charge in [-0.05, 0) is 42.9 Å². The van der Waals surface area contributed by atoms with Crippen LogP contribution in [0, 0.1) is 5.92 Å². The molecule has 1 atom stereocenters. The van der Waals surface area contributed by atoms with Crippen LogP contribution >= 0.6 is 11.3 Å². The van der Waals surface area contributed by atoms with Crippen molar-refractivity contribution in [2.45, 2.75) is 32.6 Å². The van der Waals surface area contributed by atoms with Crippen LogP contribution in [0.2, 0.25) is 0 Å². The second-order valence-corrected chi connectivity index (χ2v) is 7.47. The molecule has 1 N–H and O–H groups in total. The molecule has 0 fully saturated rings. The number of methoxy groups -OCH3 is 1. The summed E-state index contributed by atoms with van der Waals surface area (Å²) < 4.78 is 10.4. The fourth-order valence-corrected chi connectivity index (χ4v) is 4.60. The SMILES string of the molecule is CC[C@H]1CCc2c(sc(NC(=O)COc3ccccc3)c2C(=O)OC)C1. The van der Waals surface area contributed by atoms with Crippen molar-refractivity contribution >= 4 is 28.2 Å². The van der Waals surface area contributed by atoms with E-state index in [0.29, 0.717) is 22.2 Å². The maximum Gasteiger partial charge on any atom is 0.341 e. The first-order valence-corrected chi connectivity index (χ1v) is 9.64. The fraction of sp³-hybridized carbons (Fsp3) is 0.400. The van der Waals surface area contributed by atoms with E-state index in [9.17, 15) is 9.59 Å². The third kappa shape index (κ3) is 4.07. The summed E-state index contributed by atoms with van der Waals surface area (Å²) in [7, 11) is 1.37. The van der Waals surface area contributed by atoms with Gasteiger partial charge in [0.25, 0.3) is 5.91 Å². The van der Waals surface area contributed by atoms with Crippen molar-refractivity contribution in [2.75, 3.05) is 19.0 Å². The van der Waals surface area contributed by atoms with E-state index < -0.39 is 5.97 Å². The minimum atomic E-state index is -0.392. The summed E-state index contributed by atoms with van der Waals surface area (Å²) in [5, 5.41) is 3.41. The third-order valence-corrected chi connectivity index (χ3v) is 5.87. The standard InChI is InChI=1S/C20H23NO4S/c1-3-13-9-10-15-16(11-13)26-19(18(15)20(23)24-2)21-17(22)12-25-14-7-5-4-6-8-14/h4-8,13H,3,9-12H2,1-2H3,(H,21,22)/t13-/m0/s1. The zero-order valence-electron chi connectivity index (χ0n) is 15.0. The van der Waals surface area contributed by atoms with Gasteiger partial charge in [-0.2, -0.15) is 0 Å². The van der Waals surface area contributed by atoms with Gasteiger partial charge in [-0.3, -0.25) is 4.79 Å². The first-order valence-electron chi connectivity index (χ1n) is 8.82. The highest BCUT2D eigenvalue weighted by Crippen LogP contribution is 2.40. The van der Waals surface area contributed by atoms with Crippen molar-refractivity contribution in [3.8, 4) is 5.75 Å². The molecule has 5 nitrogen and oxygen atoms in total. The molecule has 0 aliphatic heterocycles. The van der Waals surface area contributed by atoms with Crippen molar-refractivity contribution in [2.24, 2.45) is 5.92 Å². The van der Waals surface area contributed by atoms with Crippen molar-refractivity contribution in [3.05, 3.63) is 46.3 Å². The molecule has 1 heterocycles. The molecule has 2 aromatic rings. The lowest BCUT2D eigenvalue weighted by Gasteiger charge is -2.20. The van der Waals surface area contributed by atoms with E-state index in [4.69, 9.17) is 9.47 Å². The van der Waals surface area contributed by atoms with Crippen LogP contribution in [-0.2, 0) is 22.4 Å². The average Bonchev–Trinajstić information content (AvgIpc) is 3.03. The Bertz CT molecular complexity index is 785. The largest absolute Gasteiger partial charge is 0.484 e. The van der Waals surface area contributed by atoms with E-state index in [0.717, 1.165) is 31.2 Å². The van der Waals surface area contributed by atoms with Gasteiger partial charge >= 0.3 is 5.97 Å². The predicted molar refractivity (Wildman–Crippen MR) is 102 cm³/mol. The topological polar surface area (TPSA) is 64.6 Å². The molecule has 0 saturated heterocycles. The summed E-state index contributed by atoms with van der Waals surface area (Å²) in [6.07, 6.45) is 3.99. The number of ether oxygens (including phenoxy) is 2. The highest BCUT2D eigenvalue weighted by atomic mass is 32.1. The summed E-state index contributed by atoms with van der Waals surface area (Å²) in [6, 6.07) is 9.17. The number of hydrogen-bond acceptors (Lipinski definition) is 5. The summed E-state index contributed by atoms with van der Waals surface area (Å²) in [5.41, 5.74) is 1.54. The molecule has 1 aromatic carbocycles. The monoisotopic (exact) mass is 373 g/mol. The molecule has 0 radical (unpaired) electrons. The zero-order chi connectivity index (χ0) is 18.5. The number of fused-ring (bicyclic) bond motifs is 1. The highest BCUT2D eigenvalue weighted by molar-refractivity contribution is 7.17. The second-order valence-electron chi connectivity index (χ2n) is 6.37. The van der Waals surface area contributed by atoms with Gasteiger partial charge < -0.3 is 14.8 Å². The molecule has 1 aliphatic rings.